The Bertz CT molecular complexity index is 149. The summed E-state index contributed by atoms with van der Waals surface area (Å²) in [6.07, 6.45) is 5.16. The second-order valence-corrected chi connectivity index (χ2v) is 9.96. The number of unbranched alkanes of at least 4 members (excludes halogenated alkanes) is 3. The number of halogens is 1. The van der Waals surface area contributed by atoms with Crippen molar-refractivity contribution in [3.63, 3.8) is 0 Å². The summed E-state index contributed by atoms with van der Waals surface area (Å²) < 4.78 is 5.76. The highest BCUT2D eigenvalue weighted by molar-refractivity contribution is 9.09. The van der Waals surface area contributed by atoms with Crippen molar-refractivity contribution in [3.8, 4) is 0 Å². The molecule has 0 aromatic carbocycles. The number of hydrogen-bond acceptors (Lipinski definition) is 1. The van der Waals surface area contributed by atoms with Gasteiger partial charge in [-0.1, -0.05) is 55.7 Å². The molecule has 15 heavy (non-hydrogen) atoms. The van der Waals surface area contributed by atoms with E-state index in [1.807, 2.05) is 0 Å². The van der Waals surface area contributed by atoms with Crippen molar-refractivity contribution >= 4 is 24.7 Å². The fourth-order valence-corrected chi connectivity index (χ4v) is 2.00. The van der Waals surface area contributed by atoms with E-state index in [1.165, 1.54) is 25.7 Å². The molecule has 0 aromatic heterocycles. The zero-order chi connectivity index (χ0) is 11.7. The normalized spacial score (nSPS) is 12.4. The average Bonchev–Trinajstić information content (AvgIpc) is 2.16. The van der Waals surface area contributed by atoms with Crippen molar-refractivity contribution in [2.75, 3.05) is 18.5 Å². The van der Waals surface area contributed by atoms with Crippen LogP contribution >= 0.6 is 15.9 Å². The van der Waals surface area contributed by atoms with Crippen LogP contribution in [0.3, 0.4) is 0 Å². The maximum atomic E-state index is 5.76. The molecule has 1 nitrogen and oxygen atoms in total. The molecular weight excluding hydrogens is 268 g/mol. The van der Waals surface area contributed by atoms with Gasteiger partial charge < -0.3 is 4.74 Å². The van der Waals surface area contributed by atoms with Crippen molar-refractivity contribution in [3.05, 3.63) is 0 Å². The van der Waals surface area contributed by atoms with Crippen LogP contribution in [0.5, 0.6) is 0 Å². The molecule has 0 fully saturated rings. The zero-order valence-corrected chi connectivity index (χ0v) is 13.6. The molecule has 0 rings (SSSR count). The van der Waals surface area contributed by atoms with Crippen LogP contribution in [0, 0.1) is 0 Å². The van der Waals surface area contributed by atoms with Crippen molar-refractivity contribution < 1.29 is 4.74 Å². The maximum absolute atomic E-state index is 5.76. The monoisotopic (exact) mass is 294 g/mol. The summed E-state index contributed by atoms with van der Waals surface area (Å²) in [6, 6.07) is 0. The molecule has 3 heteroatoms. The standard InChI is InChI=1S/C12H27BrOSi/c1-12(2,15(3)4)11-14-10-8-6-5-7-9-13/h15H,5-11H2,1-4H3. The van der Waals surface area contributed by atoms with Crippen LogP contribution in [-0.4, -0.2) is 27.3 Å². The number of alkyl halides is 1. The third kappa shape index (κ3) is 8.46. The first-order valence-corrected chi connectivity index (χ1v) is 10.1. The van der Waals surface area contributed by atoms with Crippen molar-refractivity contribution in [2.45, 2.75) is 57.7 Å². The molecule has 0 spiro atoms. The molecule has 0 saturated heterocycles. The van der Waals surface area contributed by atoms with E-state index in [2.05, 4.69) is 42.9 Å². The van der Waals surface area contributed by atoms with Gasteiger partial charge in [-0.2, -0.15) is 0 Å². The summed E-state index contributed by atoms with van der Waals surface area (Å²) in [5.74, 6) is 0. The van der Waals surface area contributed by atoms with Crippen molar-refractivity contribution in [1.82, 2.24) is 0 Å². The van der Waals surface area contributed by atoms with Crippen LogP contribution in [0.4, 0.5) is 0 Å². The highest BCUT2D eigenvalue weighted by Gasteiger charge is 2.23. The SMILES string of the molecule is C[SiH](C)C(C)(C)COCCCCCCBr. The molecule has 0 atom stereocenters. The topological polar surface area (TPSA) is 9.23 Å². The lowest BCUT2D eigenvalue weighted by Gasteiger charge is -2.27. The van der Waals surface area contributed by atoms with Gasteiger partial charge in [0.25, 0.3) is 0 Å². The zero-order valence-electron chi connectivity index (χ0n) is 10.8. The molecule has 0 amide bonds. The van der Waals surface area contributed by atoms with Crippen LogP contribution in [0.25, 0.3) is 0 Å². The van der Waals surface area contributed by atoms with E-state index in [1.54, 1.807) is 0 Å². The third-order valence-electron chi connectivity index (χ3n) is 3.21. The molecule has 92 valence electrons. The Hall–Kier alpha value is 0.657. The van der Waals surface area contributed by atoms with Gasteiger partial charge in [0, 0.05) is 27.3 Å². The van der Waals surface area contributed by atoms with E-state index in [0.717, 1.165) is 18.5 Å². The van der Waals surface area contributed by atoms with E-state index in [-0.39, 0.29) is 0 Å². The predicted octanol–water partition coefficient (Wildman–Crippen LogP) is 4.23. The van der Waals surface area contributed by atoms with E-state index in [0.29, 0.717) is 5.04 Å². The second-order valence-electron chi connectivity index (χ2n) is 5.30. The minimum atomic E-state index is -0.581. The Morgan fingerprint density at radius 2 is 1.67 bits per heavy atom. The molecule has 0 heterocycles. The summed E-state index contributed by atoms with van der Waals surface area (Å²) >= 11 is 3.45. The van der Waals surface area contributed by atoms with E-state index >= 15 is 0 Å². The molecule has 0 unspecified atom stereocenters. The summed E-state index contributed by atoms with van der Waals surface area (Å²) in [7, 11) is -0.581. The summed E-state index contributed by atoms with van der Waals surface area (Å²) in [5, 5.41) is 1.59. The first kappa shape index (κ1) is 15.7. The predicted molar refractivity (Wildman–Crippen MR) is 76.0 cm³/mol. The number of ether oxygens (including phenoxy) is 1. The molecule has 0 aromatic rings. The molecule has 0 radical (unpaired) electrons. The summed E-state index contributed by atoms with van der Waals surface area (Å²) in [4.78, 5) is 0. The lowest BCUT2D eigenvalue weighted by molar-refractivity contribution is 0.110. The lowest BCUT2D eigenvalue weighted by Crippen LogP contribution is -2.26. The molecule has 0 aliphatic heterocycles. The number of rotatable bonds is 9. The lowest BCUT2D eigenvalue weighted by atomic mass is 10.2. The van der Waals surface area contributed by atoms with E-state index < -0.39 is 8.80 Å². The van der Waals surface area contributed by atoms with Crippen LogP contribution in [0.15, 0.2) is 0 Å². The average molecular weight is 295 g/mol. The highest BCUT2D eigenvalue weighted by atomic mass is 79.9. The summed E-state index contributed by atoms with van der Waals surface area (Å²) in [6.45, 7) is 11.4. The Kier molecular flexibility index (Phi) is 9.15. The van der Waals surface area contributed by atoms with Gasteiger partial charge in [-0.3, -0.25) is 0 Å². The molecular formula is C12H27BrOSi. The summed E-state index contributed by atoms with van der Waals surface area (Å²) in [5.41, 5.74) is 0. The van der Waals surface area contributed by atoms with E-state index in [9.17, 15) is 0 Å². The fraction of sp³-hybridized carbons (Fsp3) is 1.00. The van der Waals surface area contributed by atoms with Crippen molar-refractivity contribution in [1.29, 1.82) is 0 Å². The number of hydrogen-bond donors (Lipinski definition) is 0. The van der Waals surface area contributed by atoms with Crippen LogP contribution in [-0.2, 0) is 4.74 Å². The highest BCUT2D eigenvalue weighted by Crippen LogP contribution is 2.28. The fourth-order valence-electron chi connectivity index (χ4n) is 1.15. The van der Waals surface area contributed by atoms with Gasteiger partial charge in [0.1, 0.15) is 0 Å². The van der Waals surface area contributed by atoms with Crippen LogP contribution < -0.4 is 0 Å². The molecule has 0 aliphatic carbocycles. The Labute approximate surface area is 106 Å². The largest absolute Gasteiger partial charge is 0.381 e. The quantitative estimate of drug-likeness (QED) is 0.351. The second kappa shape index (κ2) is 8.77. The Morgan fingerprint density at radius 3 is 2.20 bits per heavy atom. The Balaban J connectivity index is 3.31. The Morgan fingerprint density at radius 1 is 1.07 bits per heavy atom. The van der Waals surface area contributed by atoms with Crippen LogP contribution in [0.2, 0.25) is 18.1 Å². The first-order valence-electron chi connectivity index (χ1n) is 6.14. The third-order valence-corrected chi connectivity index (χ3v) is 7.06. The molecule has 0 saturated carbocycles. The van der Waals surface area contributed by atoms with Gasteiger partial charge in [0.2, 0.25) is 0 Å². The first-order chi connectivity index (χ1) is 7.00. The van der Waals surface area contributed by atoms with Gasteiger partial charge in [-0.25, -0.2) is 0 Å². The molecule has 0 bridgehead atoms. The van der Waals surface area contributed by atoms with Crippen LogP contribution in [0.1, 0.15) is 39.5 Å². The molecule has 0 aliphatic rings. The minimum absolute atomic E-state index is 0.454. The van der Waals surface area contributed by atoms with Gasteiger partial charge in [0.15, 0.2) is 0 Å². The van der Waals surface area contributed by atoms with Gasteiger partial charge >= 0.3 is 0 Å². The van der Waals surface area contributed by atoms with Crippen molar-refractivity contribution in [2.24, 2.45) is 0 Å². The minimum Gasteiger partial charge on any atom is -0.381 e. The molecule has 0 N–H and O–H groups in total. The maximum Gasteiger partial charge on any atom is 0.0490 e. The van der Waals surface area contributed by atoms with Gasteiger partial charge in [-0.15, -0.1) is 0 Å². The van der Waals surface area contributed by atoms with Gasteiger partial charge in [0.05, 0.1) is 0 Å². The smallest absolute Gasteiger partial charge is 0.0490 e. The van der Waals surface area contributed by atoms with Gasteiger partial charge in [-0.05, 0) is 17.9 Å². The van der Waals surface area contributed by atoms with E-state index in [4.69, 9.17) is 4.74 Å².